The predicted molar refractivity (Wildman–Crippen MR) is 123 cm³/mol. The second kappa shape index (κ2) is 9.65. The lowest BCUT2D eigenvalue weighted by Gasteiger charge is -2.35. The van der Waals surface area contributed by atoms with E-state index in [1.807, 2.05) is 65.6 Å². The first kappa shape index (κ1) is 22.2. The number of carbonyl (C=O) groups is 2. The summed E-state index contributed by atoms with van der Waals surface area (Å²) in [6.07, 6.45) is 1.17. The van der Waals surface area contributed by atoms with Crippen LogP contribution >= 0.6 is 0 Å². The van der Waals surface area contributed by atoms with Gasteiger partial charge in [-0.1, -0.05) is 60.7 Å². The number of nitrogens with one attached hydrogen (secondary N) is 1. The van der Waals surface area contributed by atoms with Crippen LogP contribution in [-0.2, 0) is 4.79 Å². The number of hydrogen-bond acceptors (Lipinski definition) is 5. The van der Waals surface area contributed by atoms with E-state index in [0.29, 0.717) is 25.9 Å². The highest BCUT2D eigenvalue weighted by molar-refractivity contribution is 5.95. The van der Waals surface area contributed by atoms with Gasteiger partial charge in [0.25, 0.3) is 5.91 Å². The Hall–Kier alpha value is -4.00. The van der Waals surface area contributed by atoms with E-state index in [0.717, 1.165) is 23.3 Å². The number of hydrogen-bond donors (Lipinski definition) is 4. The second-order valence-electron chi connectivity index (χ2n) is 8.19. The molecule has 7 heteroatoms. The molecule has 1 saturated heterocycles. The van der Waals surface area contributed by atoms with Gasteiger partial charge in [-0.05, 0) is 36.1 Å². The third kappa shape index (κ3) is 4.92. The smallest absolute Gasteiger partial charge is 0.251 e. The molecule has 33 heavy (non-hydrogen) atoms. The van der Waals surface area contributed by atoms with Crippen LogP contribution in [0, 0.1) is 0 Å². The Bertz CT molecular complexity index is 1060. The average Bonchev–Trinajstić information content (AvgIpc) is 2.84. The molecule has 2 amide bonds. The molecular formula is C26H26N2O5. The summed E-state index contributed by atoms with van der Waals surface area (Å²) in [4.78, 5) is 27.9. The van der Waals surface area contributed by atoms with Crippen LogP contribution < -0.4 is 5.32 Å². The third-order valence-electron chi connectivity index (χ3n) is 5.99. The van der Waals surface area contributed by atoms with Crippen LogP contribution in [0.5, 0.6) is 17.2 Å². The first-order chi connectivity index (χ1) is 15.9. The summed E-state index contributed by atoms with van der Waals surface area (Å²) in [7, 11) is 0. The molecule has 0 aliphatic carbocycles. The van der Waals surface area contributed by atoms with Gasteiger partial charge in [0.05, 0.1) is 5.92 Å². The van der Waals surface area contributed by atoms with Gasteiger partial charge in [0.1, 0.15) is 0 Å². The SMILES string of the molecule is O=C(NC1CCN(C(=O)C(c2ccccc2)c2ccccc2)CC1)c1cc(O)c(O)c(O)c1. The van der Waals surface area contributed by atoms with Crippen molar-refractivity contribution in [1.82, 2.24) is 10.2 Å². The summed E-state index contributed by atoms with van der Waals surface area (Å²) < 4.78 is 0. The zero-order chi connectivity index (χ0) is 23.4. The molecule has 0 atom stereocenters. The summed E-state index contributed by atoms with van der Waals surface area (Å²) in [5, 5.41) is 31.6. The van der Waals surface area contributed by atoms with Gasteiger partial charge in [0, 0.05) is 24.7 Å². The van der Waals surface area contributed by atoms with E-state index >= 15 is 0 Å². The molecule has 0 saturated carbocycles. The van der Waals surface area contributed by atoms with E-state index in [-0.39, 0.29) is 23.4 Å². The Morgan fingerprint density at radius 1 is 0.818 bits per heavy atom. The molecule has 170 valence electrons. The average molecular weight is 447 g/mol. The number of amides is 2. The normalized spacial score (nSPS) is 14.3. The van der Waals surface area contributed by atoms with Crippen molar-refractivity contribution in [2.45, 2.75) is 24.8 Å². The minimum absolute atomic E-state index is 0.0329. The zero-order valence-corrected chi connectivity index (χ0v) is 18.0. The molecule has 4 rings (SSSR count). The van der Waals surface area contributed by atoms with E-state index in [1.165, 1.54) is 0 Å². The molecule has 1 heterocycles. The van der Waals surface area contributed by atoms with Gasteiger partial charge < -0.3 is 25.5 Å². The lowest BCUT2D eigenvalue weighted by molar-refractivity contribution is -0.132. The van der Waals surface area contributed by atoms with Crippen LogP contribution in [-0.4, -0.2) is 51.2 Å². The maximum atomic E-state index is 13.5. The maximum Gasteiger partial charge on any atom is 0.251 e. The molecule has 1 aliphatic heterocycles. The predicted octanol–water partition coefficient (Wildman–Crippen LogP) is 3.36. The molecule has 1 fully saturated rings. The molecule has 0 bridgehead atoms. The topological polar surface area (TPSA) is 110 Å². The summed E-state index contributed by atoms with van der Waals surface area (Å²) in [5.74, 6) is -2.60. The first-order valence-corrected chi connectivity index (χ1v) is 10.9. The summed E-state index contributed by atoms with van der Waals surface area (Å²) in [5.41, 5.74) is 1.93. The highest BCUT2D eigenvalue weighted by Gasteiger charge is 2.31. The van der Waals surface area contributed by atoms with Crippen molar-refractivity contribution in [3.63, 3.8) is 0 Å². The van der Waals surface area contributed by atoms with Crippen LogP contribution in [0.15, 0.2) is 72.8 Å². The van der Waals surface area contributed by atoms with Crippen molar-refractivity contribution in [3.8, 4) is 17.2 Å². The van der Waals surface area contributed by atoms with E-state index < -0.39 is 23.2 Å². The van der Waals surface area contributed by atoms with Crippen LogP contribution in [0.25, 0.3) is 0 Å². The summed E-state index contributed by atoms with van der Waals surface area (Å²) in [6, 6.07) is 21.5. The van der Waals surface area contributed by atoms with Crippen LogP contribution in [0.3, 0.4) is 0 Å². The lowest BCUT2D eigenvalue weighted by Crippen LogP contribution is -2.47. The Labute approximate surface area is 191 Å². The van der Waals surface area contributed by atoms with Crippen molar-refractivity contribution in [3.05, 3.63) is 89.5 Å². The van der Waals surface area contributed by atoms with E-state index in [9.17, 15) is 24.9 Å². The van der Waals surface area contributed by atoms with Crippen molar-refractivity contribution >= 4 is 11.8 Å². The van der Waals surface area contributed by atoms with Crippen molar-refractivity contribution < 1.29 is 24.9 Å². The Morgan fingerprint density at radius 2 is 1.30 bits per heavy atom. The summed E-state index contributed by atoms with van der Waals surface area (Å²) >= 11 is 0. The number of phenols is 3. The van der Waals surface area contributed by atoms with Gasteiger partial charge in [-0.3, -0.25) is 9.59 Å². The number of rotatable bonds is 5. The van der Waals surface area contributed by atoms with Gasteiger partial charge in [0.15, 0.2) is 17.2 Å². The van der Waals surface area contributed by atoms with Crippen LogP contribution in [0.1, 0.15) is 40.2 Å². The van der Waals surface area contributed by atoms with E-state index in [2.05, 4.69) is 5.32 Å². The highest BCUT2D eigenvalue weighted by Crippen LogP contribution is 2.35. The van der Waals surface area contributed by atoms with Gasteiger partial charge in [-0.25, -0.2) is 0 Å². The number of piperidine rings is 1. The minimum Gasteiger partial charge on any atom is -0.504 e. The highest BCUT2D eigenvalue weighted by atomic mass is 16.3. The fraction of sp³-hybridized carbons (Fsp3) is 0.231. The lowest BCUT2D eigenvalue weighted by atomic mass is 9.89. The standard InChI is InChI=1S/C26H26N2O5/c29-21-15-19(16-22(30)24(21)31)25(32)27-20-11-13-28(14-12-20)26(33)23(17-7-3-1-4-8-17)18-9-5-2-6-10-18/h1-10,15-16,20,23,29-31H,11-14H2,(H,27,32). The number of nitrogens with zero attached hydrogens (tertiary/aromatic N) is 1. The number of phenolic OH excluding ortho intramolecular Hbond substituents is 3. The largest absolute Gasteiger partial charge is 0.504 e. The number of benzene rings is 3. The van der Waals surface area contributed by atoms with Crippen molar-refractivity contribution in [2.75, 3.05) is 13.1 Å². The molecule has 1 aliphatic rings. The maximum absolute atomic E-state index is 13.5. The van der Waals surface area contributed by atoms with Crippen molar-refractivity contribution in [2.24, 2.45) is 0 Å². The van der Waals surface area contributed by atoms with Gasteiger partial charge in [-0.2, -0.15) is 0 Å². The molecule has 0 radical (unpaired) electrons. The van der Waals surface area contributed by atoms with Gasteiger partial charge in [-0.15, -0.1) is 0 Å². The quantitative estimate of drug-likeness (QED) is 0.449. The Morgan fingerprint density at radius 3 is 1.79 bits per heavy atom. The van der Waals surface area contributed by atoms with E-state index in [1.54, 1.807) is 0 Å². The first-order valence-electron chi connectivity index (χ1n) is 10.9. The minimum atomic E-state index is -0.662. The molecule has 0 aromatic heterocycles. The Balaban J connectivity index is 1.42. The molecule has 0 unspecified atom stereocenters. The monoisotopic (exact) mass is 446 g/mol. The fourth-order valence-electron chi connectivity index (χ4n) is 4.20. The van der Waals surface area contributed by atoms with E-state index in [4.69, 9.17) is 0 Å². The number of carbonyl (C=O) groups excluding carboxylic acids is 2. The third-order valence-corrected chi connectivity index (χ3v) is 5.99. The molecular weight excluding hydrogens is 420 g/mol. The molecule has 3 aromatic carbocycles. The Kier molecular flexibility index (Phi) is 6.49. The second-order valence-corrected chi connectivity index (χ2v) is 8.19. The zero-order valence-electron chi connectivity index (χ0n) is 18.0. The number of aromatic hydroxyl groups is 3. The van der Waals surface area contributed by atoms with Gasteiger partial charge in [0.2, 0.25) is 5.91 Å². The molecule has 7 nitrogen and oxygen atoms in total. The van der Waals surface area contributed by atoms with Crippen LogP contribution in [0.2, 0.25) is 0 Å². The number of likely N-dealkylation sites (tertiary alicyclic amines) is 1. The van der Waals surface area contributed by atoms with Gasteiger partial charge >= 0.3 is 0 Å². The van der Waals surface area contributed by atoms with Crippen molar-refractivity contribution in [1.29, 1.82) is 0 Å². The van der Waals surface area contributed by atoms with Crippen LogP contribution in [0.4, 0.5) is 0 Å². The molecule has 0 spiro atoms. The summed E-state index contributed by atoms with van der Waals surface area (Å²) in [6.45, 7) is 1.01. The molecule has 4 N–H and O–H groups in total. The molecule has 3 aromatic rings. The fourth-order valence-corrected chi connectivity index (χ4v) is 4.20.